The lowest BCUT2D eigenvalue weighted by Crippen LogP contribution is -1.88. The van der Waals surface area contributed by atoms with Gasteiger partial charge < -0.3 is 15.3 Å². The molecule has 1 heterocycles. The van der Waals surface area contributed by atoms with E-state index in [9.17, 15) is 0 Å². The molecule has 2 aromatic rings. The molecule has 0 radical (unpaired) electrons. The third-order valence-electron chi connectivity index (χ3n) is 1.82. The highest BCUT2D eigenvalue weighted by molar-refractivity contribution is 5.78. The van der Waals surface area contributed by atoms with Crippen molar-refractivity contribution in [1.82, 2.24) is 4.98 Å². The first-order chi connectivity index (χ1) is 7.63. The molecular formula is C11H11NO4. The molecule has 5 nitrogen and oxygen atoms in total. The third kappa shape index (κ3) is 3.55. The fourth-order valence-electron chi connectivity index (χ4n) is 1.20. The van der Waals surface area contributed by atoms with Gasteiger partial charge in [0.15, 0.2) is 0 Å². The number of carboxylic acid groups (broad SMARTS) is 2. The second-order valence-corrected chi connectivity index (χ2v) is 2.94. The molecular weight excluding hydrogens is 210 g/mol. The normalized spacial score (nSPS) is 9.31. The first kappa shape index (κ1) is 11.9. The summed E-state index contributed by atoms with van der Waals surface area (Å²) >= 11 is 0. The number of aliphatic hydroxyl groups is 1. The average molecular weight is 221 g/mol. The molecule has 0 bridgehead atoms. The molecule has 1 aromatic carbocycles. The van der Waals surface area contributed by atoms with Crippen LogP contribution in [0.25, 0.3) is 10.9 Å². The number of pyridine rings is 1. The minimum atomic E-state index is -1.83. The van der Waals surface area contributed by atoms with Crippen molar-refractivity contribution in [2.45, 2.75) is 6.61 Å². The van der Waals surface area contributed by atoms with Gasteiger partial charge in [-0.2, -0.15) is 0 Å². The van der Waals surface area contributed by atoms with Crippen molar-refractivity contribution >= 4 is 17.1 Å². The van der Waals surface area contributed by atoms with Gasteiger partial charge in [0.25, 0.3) is 0 Å². The number of carbonyl (C=O) groups is 1. The zero-order valence-corrected chi connectivity index (χ0v) is 8.37. The molecule has 0 spiro atoms. The molecule has 3 N–H and O–H groups in total. The van der Waals surface area contributed by atoms with Crippen molar-refractivity contribution < 1.29 is 20.1 Å². The van der Waals surface area contributed by atoms with Crippen molar-refractivity contribution in [3.8, 4) is 0 Å². The van der Waals surface area contributed by atoms with Crippen LogP contribution < -0.4 is 0 Å². The summed E-state index contributed by atoms with van der Waals surface area (Å²) in [5.74, 6) is 0. The average Bonchev–Trinajstić information content (AvgIpc) is 2.27. The Morgan fingerprint density at radius 1 is 1.12 bits per heavy atom. The zero-order valence-electron chi connectivity index (χ0n) is 8.37. The Morgan fingerprint density at radius 2 is 1.75 bits per heavy atom. The summed E-state index contributed by atoms with van der Waals surface area (Å²) in [5, 5.41) is 23.9. The minimum absolute atomic E-state index is 0.00480. The Bertz CT molecular complexity index is 480. The van der Waals surface area contributed by atoms with Crippen LogP contribution in [0.3, 0.4) is 0 Å². The molecule has 0 fully saturated rings. The van der Waals surface area contributed by atoms with Gasteiger partial charge >= 0.3 is 6.16 Å². The lowest BCUT2D eigenvalue weighted by atomic mass is 10.2. The molecule has 0 saturated carbocycles. The van der Waals surface area contributed by atoms with Crippen LogP contribution in [0.15, 0.2) is 36.4 Å². The lowest BCUT2D eigenvalue weighted by Gasteiger charge is -1.98. The maximum atomic E-state index is 8.83. The lowest BCUT2D eigenvalue weighted by molar-refractivity contribution is 0.137. The van der Waals surface area contributed by atoms with E-state index >= 15 is 0 Å². The summed E-state index contributed by atoms with van der Waals surface area (Å²) < 4.78 is 0. The summed E-state index contributed by atoms with van der Waals surface area (Å²) in [4.78, 5) is 12.8. The summed E-state index contributed by atoms with van der Waals surface area (Å²) in [6.07, 6.45) is -1.83. The van der Waals surface area contributed by atoms with E-state index in [1.807, 2.05) is 36.4 Å². The van der Waals surface area contributed by atoms with Gasteiger partial charge in [-0.1, -0.05) is 24.3 Å². The number of aromatic nitrogens is 1. The highest BCUT2D eigenvalue weighted by atomic mass is 16.6. The molecule has 0 atom stereocenters. The molecule has 5 heteroatoms. The maximum Gasteiger partial charge on any atom is 0.503 e. The van der Waals surface area contributed by atoms with Gasteiger partial charge in [-0.15, -0.1) is 0 Å². The first-order valence-electron chi connectivity index (χ1n) is 4.51. The van der Waals surface area contributed by atoms with Crippen molar-refractivity contribution in [2.75, 3.05) is 0 Å². The minimum Gasteiger partial charge on any atom is -0.450 e. The molecule has 0 aliphatic rings. The molecule has 1 aromatic heterocycles. The molecule has 0 amide bonds. The maximum absolute atomic E-state index is 8.83. The SMILES string of the molecule is O=C(O)O.OCc1ccc2ccccc2n1. The Kier molecular flexibility index (Phi) is 4.23. The molecule has 84 valence electrons. The van der Waals surface area contributed by atoms with Crippen LogP contribution in [0.1, 0.15) is 5.69 Å². The second-order valence-electron chi connectivity index (χ2n) is 2.94. The molecule has 16 heavy (non-hydrogen) atoms. The molecule has 0 aliphatic carbocycles. The van der Waals surface area contributed by atoms with E-state index in [4.69, 9.17) is 20.1 Å². The predicted octanol–water partition coefficient (Wildman–Crippen LogP) is 1.95. The number of rotatable bonds is 1. The van der Waals surface area contributed by atoms with Gasteiger partial charge in [0.1, 0.15) is 0 Å². The summed E-state index contributed by atoms with van der Waals surface area (Å²) in [6, 6.07) is 11.7. The Balaban J connectivity index is 0.000000280. The van der Waals surface area contributed by atoms with E-state index < -0.39 is 6.16 Å². The number of nitrogens with zero attached hydrogens (tertiary/aromatic N) is 1. The van der Waals surface area contributed by atoms with Crippen LogP contribution in [0.4, 0.5) is 4.79 Å². The number of fused-ring (bicyclic) bond motifs is 1. The van der Waals surface area contributed by atoms with E-state index in [1.165, 1.54) is 0 Å². The number of aliphatic hydroxyl groups excluding tert-OH is 1. The van der Waals surface area contributed by atoms with Crippen molar-refractivity contribution in [2.24, 2.45) is 0 Å². The van der Waals surface area contributed by atoms with Crippen molar-refractivity contribution in [3.63, 3.8) is 0 Å². The monoisotopic (exact) mass is 221 g/mol. The van der Waals surface area contributed by atoms with E-state index in [0.717, 1.165) is 10.9 Å². The summed E-state index contributed by atoms with van der Waals surface area (Å²) in [6.45, 7) is 0.00480. The summed E-state index contributed by atoms with van der Waals surface area (Å²) in [7, 11) is 0. The molecule has 0 unspecified atom stereocenters. The Labute approximate surface area is 91.6 Å². The van der Waals surface area contributed by atoms with Crippen molar-refractivity contribution in [1.29, 1.82) is 0 Å². The molecule has 0 saturated heterocycles. The standard InChI is InChI=1S/C10H9NO.CH2O3/c12-7-9-6-5-8-3-1-2-4-10(8)11-9;2-1(3)4/h1-6,12H,7H2;(H2,2,3,4). The van der Waals surface area contributed by atoms with E-state index in [0.29, 0.717) is 5.69 Å². The Hall–Kier alpha value is -2.14. The number of hydrogen-bond acceptors (Lipinski definition) is 3. The third-order valence-corrected chi connectivity index (χ3v) is 1.82. The van der Waals surface area contributed by atoms with Crippen molar-refractivity contribution in [3.05, 3.63) is 42.1 Å². The van der Waals surface area contributed by atoms with Gasteiger partial charge in [-0.25, -0.2) is 4.79 Å². The van der Waals surface area contributed by atoms with Gasteiger partial charge in [0, 0.05) is 5.39 Å². The second kappa shape index (κ2) is 5.67. The fourth-order valence-corrected chi connectivity index (χ4v) is 1.20. The van der Waals surface area contributed by atoms with Gasteiger partial charge in [-0.3, -0.25) is 4.98 Å². The Morgan fingerprint density at radius 3 is 2.38 bits per heavy atom. The predicted molar refractivity (Wildman–Crippen MR) is 58.3 cm³/mol. The highest BCUT2D eigenvalue weighted by Gasteiger charge is 1.94. The van der Waals surface area contributed by atoms with Crippen LogP contribution in [0, 0.1) is 0 Å². The van der Waals surface area contributed by atoms with E-state index in [-0.39, 0.29) is 6.61 Å². The highest BCUT2D eigenvalue weighted by Crippen LogP contribution is 2.11. The number of hydrogen-bond donors (Lipinski definition) is 3. The van der Waals surface area contributed by atoms with Crippen LogP contribution in [-0.2, 0) is 6.61 Å². The van der Waals surface area contributed by atoms with Gasteiger partial charge in [0.2, 0.25) is 0 Å². The zero-order chi connectivity index (χ0) is 12.0. The van der Waals surface area contributed by atoms with Gasteiger partial charge in [-0.05, 0) is 12.1 Å². The van der Waals surface area contributed by atoms with E-state index in [2.05, 4.69) is 4.98 Å². The van der Waals surface area contributed by atoms with Gasteiger partial charge in [0.05, 0.1) is 17.8 Å². The van der Waals surface area contributed by atoms with Crippen LogP contribution >= 0.6 is 0 Å². The smallest absolute Gasteiger partial charge is 0.450 e. The quantitative estimate of drug-likeness (QED) is 0.684. The molecule has 0 aliphatic heterocycles. The summed E-state index contributed by atoms with van der Waals surface area (Å²) in [5.41, 5.74) is 1.65. The first-order valence-corrected chi connectivity index (χ1v) is 4.51. The topological polar surface area (TPSA) is 90.7 Å². The van der Waals surface area contributed by atoms with Crippen LogP contribution in [0.5, 0.6) is 0 Å². The molecule has 2 rings (SSSR count). The number of para-hydroxylation sites is 1. The largest absolute Gasteiger partial charge is 0.503 e. The number of benzene rings is 1. The van der Waals surface area contributed by atoms with Crippen LogP contribution in [-0.4, -0.2) is 26.5 Å². The van der Waals surface area contributed by atoms with Crippen LogP contribution in [0.2, 0.25) is 0 Å². The van der Waals surface area contributed by atoms with E-state index in [1.54, 1.807) is 0 Å². The fraction of sp³-hybridized carbons (Fsp3) is 0.0909.